The molecule has 0 saturated carbocycles. The van der Waals surface area contributed by atoms with Crippen LogP contribution in [0.2, 0.25) is 0 Å². The Morgan fingerprint density at radius 1 is 1.29 bits per heavy atom. The van der Waals surface area contributed by atoms with Crippen molar-refractivity contribution in [3.05, 3.63) is 52.4 Å². The highest BCUT2D eigenvalue weighted by atomic mass is 79.9. The Morgan fingerprint density at radius 3 is 2.81 bits per heavy atom. The summed E-state index contributed by atoms with van der Waals surface area (Å²) in [5, 5.41) is 8.11. The van der Waals surface area contributed by atoms with E-state index >= 15 is 0 Å². The number of hydrogen-bond donors (Lipinski definition) is 0. The molecule has 3 aromatic rings. The van der Waals surface area contributed by atoms with Crippen molar-refractivity contribution in [2.45, 2.75) is 0 Å². The summed E-state index contributed by atoms with van der Waals surface area (Å²) in [4.78, 5) is 11.6. The summed E-state index contributed by atoms with van der Waals surface area (Å²) in [5.41, 5.74) is 1.64. The zero-order valence-corrected chi connectivity index (χ0v) is 12.5. The van der Waals surface area contributed by atoms with E-state index in [2.05, 4.69) is 26.1 Å². The maximum absolute atomic E-state index is 13.3. The molecule has 0 aliphatic carbocycles. The zero-order chi connectivity index (χ0) is 15.0. The summed E-state index contributed by atoms with van der Waals surface area (Å²) in [6, 6.07) is 7.82. The van der Waals surface area contributed by atoms with Crippen LogP contribution in [0.1, 0.15) is 10.4 Å². The number of pyridine rings is 1. The molecular weight excluding hydrogens is 341 g/mol. The number of benzene rings is 1. The molecule has 0 bridgehead atoms. The fourth-order valence-electron chi connectivity index (χ4n) is 1.96. The molecule has 0 amide bonds. The standard InChI is InChI=1S/C14H9BrFN3O2/c1-21-14(20)9-3-5-12-17-18-13(19(12)7-9)8-2-4-11(16)10(15)6-8/h2-7H,1H3. The number of carbonyl (C=O) groups excluding carboxylic acids is 1. The Kier molecular flexibility index (Phi) is 3.42. The number of aromatic nitrogens is 3. The maximum Gasteiger partial charge on any atom is 0.339 e. The predicted octanol–water partition coefficient (Wildman–Crippen LogP) is 3.08. The van der Waals surface area contributed by atoms with Gasteiger partial charge in [-0.3, -0.25) is 4.40 Å². The molecule has 0 saturated heterocycles. The van der Waals surface area contributed by atoms with Crippen molar-refractivity contribution in [1.82, 2.24) is 14.6 Å². The molecular formula is C14H9BrFN3O2. The van der Waals surface area contributed by atoms with Crippen LogP contribution in [0.3, 0.4) is 0 Å². The van der Waals surface area contributed by atoms with E-state index in [4.69, 9.17) is 4.74 Å². The van der Waals surface area contributed by atoms with Crippen LogP contribution in [-0.2, 0) is 4.74 Å². The van der Waals surface area contributed by atoms with E-state index in [1.54, 1.807) is 34.9 Å². The number of ether oxygens (including phenoxy) is 1. The zero-order valence-electron chi connectivity index (χ0n) is 10.9. The van der Waals surface area contributed by atoms with E-state index in [-0.39, 0.29) is 5.82 Å². The quantitative estimate of drug-likeness (QED) is 0.667. The minimum Gasteiger partial charge on any atom is -0.465 e. The van der Waals surface area contributed by atoms with Crippen LogP contribution in [-0.4, -0.2) is 27.7 Å². The molecule has 21 heavy (non-hydrogen) atoms. The molecule has 7 heteroatoms. The highest BCUT2D eigenvalue weighted by Crippen LogP contribution is 2.24. The average Bonchev–Trinajstić information content (AvgIpc) is 2.92. The molecule has 0 aliphatic rings. The Balaban J connectivity index is 2.18. The molecule has 2 aromatic heterocycles. The summed E-state index contributed by atoms with van der Waals surface area (Å²) < 4.78 is 20.0. The second-order valence-corrected chi connectivity index (χ2v) is 5.14. The SMILES string of the molecule is COC(=O)c1ccc2nnc(-c3ccc(F)c(Br)c3)n2c1. The van der Waals surface area contributed by atoms with Gasteiger partial charge in [-0.1, -0.05) is 0 Å². The summed E-state index contributed by atoms with van der Waals surface area (Å²) in [6.07, 6.45) is 1.59. The van der Waals surface area contributed by atoms with Crippen LogP contribution in [0.25, 0.3) is 17.0 Å². The fourth-order valence-corrected chi connectivity index (χ4v) is 2.34. The van der Waals surface area contributed by atoms with Gasteiger partial charge in [0, 0.05) is 11.8 Å². The first-order valence-corrected chi connectivity index (χ1v) is 6.78. The Labute approximate surface area is 127 Å². The topological polar surface area (TPSA) is 56.5 Å². The number of carbonyl (C=O) groups is 1. The smallest absolute Gasteiger partial charge is 0.339 e. The highest BCUT2D eigenvalue weighted by molar-refractivity contribution is 9.10. The fraction of sp³-hybridized carbons (Fsp3) is 0.0714. The molecule has 106 valence electrons. The molecule has 0 unspecified atom stereocenters. The lowest BCUT2D eigenvalue weighted by atomic mass is 10.2. The summed E-state index contributed by atoms with van der Waals surface area (Å²) in [6.45, 7) is 0. The van der Waals surface area contributed by atoms with Gasteiger partial charge in [-0.05, 0) is 46.3 Å². The first-order chi connectivity index (χ1) is 10.1. The molecule has 0 spiro atoms. The van der Waals surface area contributed by atoms with Crippen molar-refractivity contribution in [3.8, 4) is 11.4 Å². The van der Waals surface area contributed by atoms with E-state index in [0.29, 0.717) is 27.1 Å². The average molecular weight is 350 g/mol. The van der Waals surface area contributed by atoms with Crippen LogP contribution in [0.4, 0.5) is 4.39 Å². The third kappa shape index (κ3) is 2.40. The van der Waals surface area contributed by atoms with Crippen molar-refractivity contribution in [1.29, 1.82) is 0 Å². The molecule has 0 N–H and O–H groups in total. The summed E-state index contributed by atoms with van der Waals surface area (Å²) in [7, 11) is 1.32. The molecule has 0 fully saturated rings. The maximum atomic E-state index is 13.3. The Bertz CT molecular complexity index is 847. The van der Waals surface area contributed by atoms with Gasteiger partial charge in [-0.15, -0.1) is 10.2 Å². The molecule has 1 aromatic carbocycles. The van der Waals surface area contributed by atoms with E-state index < -0.39 is 5.97 Å². The van der Waals surface area contributed by atoms with Crippen molar-refractivity contribution in [2.75, 3.05) is 7.11 Å². The first-order valence-electron chi connectivity index (χ1n) is 5.98. The summed E-state index contributed by atoms with van der Waals surface area (Å²) in [5.74, 6) is -0.295. The van der Waals surface area contributed by atoms with Crippen LogP contribution >= 0.6 is 15.9 Å². The largest absolute Gasteiger partial charge is 0.465 e. The van der Waals surface area contributed by atoms with Gasteiger partial charge in [0.1, 0.15) is 5.82 Å². The third-order valence-corrected chi connectivity index (χ3v) is 3.61. The van der Waals surface area contributed by atoms with Gasteiger partial charge in [0.2, 0.25) is 0 Å². The second-order valence-electron chi connectivity index (χ2n) is 4.29. The Hall–Kier alpha value is -2.28. The van der Waals surface area contributed by atoms with Gasteiger partial charge in [0.05, 0.1) is 17.1 Å². The number of hydrogen-bond acceptors (Lipinski definition) is 4. The minimum absolute atomic E-state index is 0.334. The van der Waals surface area contributed by atoms with E-state index in [1.165, 1.54) is 13.2 Å². The van der Waals surface area contributed by atoms with Crippen LogP contribution in [0, 0.1) is 5.82 Å². The van der Waals surface area contributed by atoms with Crippen LogP contribution in [0.5, 0.6) is 0 Å². The van der Waals surface area contributed by atoms with Crippen LogP contribution < -0.4 is 0 Å². The van der Waals surface area contributed by atoms with E-state index in [0.717, 1.165) is 0 Å². The number of rotatable bonds is 2. The van der Waals surface area contributed by atoms with Gasteiger partial charge in [0.15, 0.2) is 11.5 Å². The van der Waals surface area contributed by atoms with Gasteiger partial charge >= 0.3 is 5.97 Å². The van der Waals surface area contributed by atoms with Gasteiger partial charge in [-0.2, -0.15) is 0 Å². The normalized spacial score (nSPS) is 10.8. The lowest BCUT2D eigenvalue weighted by Crippen LogP contribution is -2.03. The van der Waals surface area contributed by atoms with Crippen LogP contribution in [0.15, 0.2) is 41.0 Å². The molecule has 0 radical (unpaired) electrons. The number of fused-ring (bicyclic) bond motifs is 1. The van der Waals surface area contributed by atoms with Gasteiger partial charge in [-0.25, -0.2) is 9.18 Å². The van der Waals surface area contributed by atoms with Crippen molar-refractivity contribution >= 4 is 27.5 Å². The molecule has 2 heterocycles. The van der Waals surface area contributed by atoms with E-state index in [9.17, 15) is 9.18 Å². The number of esters is 1. The van der Waals surface area contributed by atoms with Crippen molar-refractivity contribution in [3.63, 3.8) is 0 Å². The molecule has 5 nitrogen and oxygen atoms in total. The predicted molar refractivity (Wildman–Crippen MR) is 77.4 cm³/mol. The molecule has 0 aliphatic heterocycles. The number of halogens is 2. The van der Waals surface area contributed by atoms with E-state index in [1.807, 2.05) is 0 Å². The third-order valence-electron chi connectivity index (χ3n) is 3.00. The lowest BCUT2D eigenvalue weighted by molar-refractivity contribution is 0.0600. The van der Waals surface area contributed by atoms with Crippen molar-refractivity contribution in [2.24, 2.45) is 0 Å². The highest BCUT2D eigenvalue weighted by Gasteiger charge is 2.13. The second kappa shape index (κ2) is 5.25. The molecule has 0 atom stereocenters. The van der Waals surface area contributed by atoms with Gasteiger partial charge in [0.25, 0.3) is 0 Å². The van der Waals surface area contributed by atoms with Crippen molar-refractivity contribution < 1.29 is 13.9 Å². The first kappa shape index (κ1) is 13.7. The van der Waals surface area contributed by atoms with Gasteiger partial charge < -0.3 is 4.74 Å². The Morgan fingerprint density at radius 2 is 2.10 bits per heavy atom. The minimum atomic E-state index is -0.447. The summed E-state index contributed by atoms with van der Waals surface area (Å²) >= 11 is 3.14. The monoisotopic (exact) mass is 349 g/mol. The number of nitrogens with zero attached hydrogens (tertiary/aromatic N) is 3. The lowest BCUT2D eigenvalue weighted by Gasteiger charge is -2.04. The number of methoxy groups -OCH3 is 1. The molecule has 3 rings (SSSR count).